The molecule has 1 heterocycles. The van der Waals surface area contributed by atoms with Gasteiger partial charge in [0.1, 0.15) is 0 Å². The lowest BCUT2D eigenvalue weighted by atomic mass is 9.95. The topological polar surface area (TPSA) is 75.4 Å². The molecule has 0 radical (unpaired) electrons. The summed E-state index contributed by atoms with van der Waals surface area (Å²) in [4.78, 5) is 26.3. The van der Waals surface area contributed by atoms with Crippen LogP contribution in [0.5, 0.6) is 0 Å². The van der Waals surface area contributed by atoms with Crippen molar-refractivity contribution in [1.29, 1.82) is 0 Å². The Balaban J connectivity index is 0.00000280. The van der Waals surface area contributed by atoms with Crippen molar-refractivity contribution in [1.82, 2.24) is 10.2 Å². The molecule has 2 aliphatic rings. The maximum Gasteiger partial charge on any atom is 0.416 e. The molecule has 1 aromatic rings. The zero-order valence-electron chi connectivity index (χ0n) is 15.4. The molecule has 1 aliphatic heterocycles. The van der Waals surface area contributed by atoms with E-state index >= 15 is 0 Å². The highest BCUT2D eigenvalue weighted by Gasteiger charge is 2.32. The van der Waals surface area contributed by atoms with Crippen molar-refractivity contribution in [2.75, 3.05) is 19.6 Å². The summed E-state index contributed by atoms with van der Waals surface area (Å²) >= 11 is 0. The summed E-state index contributed by atoms with van der Waals surface area (Å²) in [5.74, 6) is 0.0210. The minimum atomic E-state index is -4.42. The Morgan fingerprint density at radius 1 is 1.11 bits per heavy atom. The van der Waals surface area contributed by atoms with Gasteiger partial charge < -0.3 is 16.0 Å². The van der Waals surface area contributed by atoms with Gasteiger partial charge in [-0.1, -0.05) is 0 Å². The average Bonchev–Trinajstić information content (AvgIpc) is 3.50. The minimum Gasteiger partial charge on any atom is -0.354 e. The number of likely N-dealkylation sites (tertiary alicyclic amines) is 1. The van der Waals surface area contributed by atoms with Gasteiger partial charge in [-0.05, 0) is 55.9 Å². The van der Waals surface area contributed by atoms with Gasteiger partial charge in [-0.15, -0.1) is 12.4 Å². The fraction of sp³-hybridized carbons (Fsp3) is 0.579. The fourth-order valence-electron chi connectivity index (χ4n) is 3.38. The molecule has 1 saturated carbocycles. The SMILES string of the molecule is Cl.NC(CNC(=O)C1CCN(C(=O)c2ccc(C(F)(F)F)cc2)CC1)C1CC1. The number of nitrogens with two attached hydrogens (primary N) is 1. The Morgan fingerprint density at radius 3 is 2.18 bits per heavy atom. The van der Waals surface area contributed by atoms with E-state index in [-0.39, 0.29) is 41.7 Å². The van der Waals surface area contributed by atoms with Gasteiger partial charge in [-0.3, -0.25) is 9.59 Å². The maximum absolute atomic E-state index is 12.6. The van der Waals surface area contributed by atoms with E-state index < -0.39 is 11.7 Å². The van der Waals surface area contributed by atoms with Gasteiger partial charge in [0, 0.05) is 37.2 Å². The molecule has 0 bridgehead atoms. The third-order valence-corrected chi connectivity index (χ3v) is 5.35. The van der Waals surface area contributed by atoms with Crippen LogP contribution in [0.15, 0.2) is 24.3 Å². The van der Waals surface area contributed by atoms with Crippen molar-refractivity contribution < 1.29 is 22.8 Å². The van der Waals surface area contributed by atoms with Crippen LogP contribution in [0, 0.1) is 11.8 Å². The number of rotatable bonds is 5. The van der Waals surface area contributed by atoms with Crippen molar-refractivity contribution in [2.45, 2.75) is 37.9 Å². The second-order valence-corrected chi connectivity index (χ2v) is 7.39. The summed E-state index contributed by atoms with van der Waals surface area (Å²) in [6, 6.07) is 4.23. The minimum absolute atomic E-state index is 0. The first kappa shape index (κ1) is 22.5. The standard InChI is InChI=1S/C19H24F3N3O2.ClH/c20-19(21,22)15-5-3-14(4-6-15)18(27)25-9-7-13(8-10-25)17(26)24-11-16(23)12-1-2-12;/h3-6,12-13,16H,1-2,7-11,23H2,(H,24,26);1H. The summed E-state index contributed by atoms with van der Waals surface area (Å²) in [5, 5.41) is 2.90. The molecule has 2 fully saturated rings. The first-order valence-electron chi connectivity index (χ1n) is 9.25. The van der Waals surface area contributed by atoms with E-state index in [1.807, 2.05) is 0 Å². The van der Waals surface area contributed by atoms with Crippen molar-refractivity contribution >= 4 is 24.2 Å². The summed E-state index contributed by atoms with van der Waals surface area (Å²) in [5.41, 5.74) is 5.43. The predicted octanol–water partition coefficient (Wildman–Crippen LogP) is 2.83. The van der Waals surface area contributed by atoms with Crippen LogP contribution >= 0.6 is 12.4 Å². The molecule has 1 atom stereocenters. The quantitative estimate of drug-likeness (QED) is 0.770. The van der Waals surface area contributed by atoms with E-state index in [1.165, 1.54) is 12.1 Å². The molecule has 9 heteroatoms. The molecule has 1 saturated heterocycles. The highest BCUT2D eigenvalue weighted by molar-refractivity contribution is 5.94. The van der Waals surface area contributed by atoms with E-state index in [4.69, 9.17) is 5.73 Å². The van der Waals surface area contributed by atoms with Crippen LogP contribution in [-0.4, -0.2) is 42.4 Å². The average molecular weight is 420 g/mol. The number of amides is 2. The van der Waals surface area contributed by atoms with Gasteiger partial charge in [-0.2, -0.15) is 13.2 Å². The lowest BCUT2D eigenvalue weighted by Gasteiger charge is -2.31. The summed E-state index contributed by atoms with van der Waals surface area (Å²) in [7, 11) is 0. The van der Waals surface area contributed by atoms with Gasteiger partial charge >= 0.3 is 6.18 Å². The number of alkyl halides is 3. The zero-order valence-corrected chi connectivity index (χ0v) is 16.2. The second-order valence-electron chi connectivity index (χ2n) is 7.39. The van der Waals surface area contributed by atoms with Gasteiger partial charge in [-0.25, -0.2) is 0 Å². The number of hydrogen-bond acceptors (Lipinski definition) is 3. The molecule has 3 rings (SSSR count). The number of nitrogens with one attached hydrogen (secondary N) is 1. The van der Waals surface area contributed by atoms with Crippen LogP contribution in [0.4, 0.5) is 13.2 Å². The van der Waals surface area contributed by atoms with E-state index in [0.717, 1.165) is 25.0 Å². The Hall–Kier alpha value is -1.80. The lowest BCUT2D eigenvalue weighted by molar-refractivity contribution is -0.137. The van der Waals surface area contributed by atoms with Crippen molar-refractivity contribution in [3.05, 3.63) is 35.4 Å². The first-order chi connectivity index (χ1) is 12.8. The number of carbonyl (C=O) groups is 2. The van der Waals surface area contributed by atoms with E-state index in [0.29, 0.717) is 38.4 Å². The van der Waals surface area contributed by atoms with Crippen LogP contribution in [0.1, 0.15) is 41.6 Å². The van der Waals surface area contributed by atoms with Gasteiger partial charge in [0.25, 0.3) is 5.91 Å². The number of benzene rings is 1. The molecule has 28 heavy (non-hydrogen) atoms. The Labute approximate surface area is 168 Å². The number of hydrogen-bond donors (Lipinski definition) is 2. The molecule has 5 nitrogen and oxygen atoms in total. The molecule has 0 aromatic heterocycles. The molecular weight excluding hydrogens is 395 g/mol. The summed E-state index contributed by atoms with van der Waals surface area (Å²) in [6.07, 6.45) is -1.09. The maximum atomic E-state index is 12.6. The molecule has 2 amide bonds. The Kier molecular flexibility index (Phi) is 7.33. The number of nitrogens with zero attached hydrogens (tertiary/aromatic N) is 1. The van der Waals surface area contributed by atoms with E-state index in [2.05, 4.69) is 5.32 Å². The lowest BCUT2D eigenvalue weighted by Crippen LogP contribution is -2.45. The zero-order chi connectivity index (χ0) is 19.6. The van der Waals surface area contributed by atoms with E-state index in [1.54, 1.807) is 4.90 Å². The largest absolute Gasteiger partial charge is 0.416 e. The molecule has 1 unspecified atom stereocenters. The molecule has 1 aliphatic carbocycles. The van der Waals surface area contributed by atoms with Crippen LogP contribution in [0.3, 0.4) is 0 Å². The van der Waals surface area contributed by atoms with Crippen LogP contribution in [0.2, 0.25) is 0 Å². The van der Waals surface area contributed by atoms with Crippen molar-refractivity contribution in [2.24, 2.45) is 17.6 Å². The van der Waals surface area contributed by atoms with Crippen molar-refractivity contribution in [3.63, 3.8) is 0 Å². The molecular formula is C19H25ClF3N3O2. The first-order valence-corrected chi connectivity index (χ1v) is 9.25. The highest BCUT2D eigenvalue weighted by atomic mass is 35.5. The van der Waals surface area contributed by atoms with Crippen LogP contribution in [-0.2, 0) is 11.0 Å². The molecule has 0 spiro atoms. The number of piperidine rings is 1. The molecule has 156 valence electrons. The van der Waals surface area contributed by atoms with Gasteiger partial charge in [0.05, 0.1) is 5.56 Å². The summed E-state index contributed by atoms with van der Waals surface area (Å²) in [6.45, 7) is 1.30. The smallest absolute Gasteiger partial charge is 0.354 e. The number of carbonyl (C=O) groups excluding carboxylic acids is 2. The van der Waals surface area contributed by atoms with E-state index in [9.17, 15) is 22.8 Å². The highest BCUT2D eigenvalue weighted by Crippen LogP contribution is 2.31. The monoisotopic (exact) mass is 419 g/mol. The number of halogens is 4. The predicted molar refractivity (Wildman–Crippen MR) is 101 cm³/mol. The van der Waals surface area contributed by atoms with Crippen molar-refractivity contribution in [3.8, 4) is 0 Å². The molecule has 3 N–H and O–H groups in total. The van der Waals surface area contributed by atoms with Crippen LogP contribution < -0.4 is 11.1 Å². The normalized spacial score (nSPS) is 18.9. The Bertz CT molecular complexity index is 685. The Morgan fingerprint density at radius 2 is 1.68 bits per heavy atom. The van der Waals surface area contributed by atoms with Gasteiger partial charge in [0.2, 0.25) is 5.91 Å². The third-order valence-electron chi connectivity index (χ3n) is 5.35. The van der Waals surface area contributed by atoms with Crippen LogP contribution in [0.25, 0.3) is 0 Å². The molecule has 1 aromatic carbocycles. The summed E-state index contributed by atoms with van der Waals surface area (Å²) < 4.78 is 37.8. The van der Waals surface area contributed by atoms with Gasteiger partial charge in [0.15, 0.2) is 0 Å². The fourth-order valence-corrected chi connectivity index (χ4v) is 3.38. The second kappa shape index (κ2) is 9.13. The third kappa shape index (κ3) is 5.61.